The first-order valence-corrected chi connectivity index (χ1v) is 24.6. The van der Waals surface area contributed by atoms with Gasteiger partial charge >= 0.3 is 0 Å². The number of nitrogens with zero attached hydrogens (tertiary/aromatic N) is 3. The Balaban J connectivity index is 1.31. The van der Waals surface area contributed by atoms with E-state index in [1.165, 1.54) is 106 Å². The third-order valence-electron chi connectivity index (χ3n) is 14.7. The Morgan fingerprint density at radius 3 is 1.26 bits per heavy atom. The van der Waals surface area contributed by atoms with Gasteiger partial charge in [-0.15, -0.1) is 0 Å². The van der Waals surface area contributed by atoms with E-state index in [0.717, 1.165) is 5.69 Å². The van der Waals surface area contributed by atoms with Gasteiger partial charge in [0.15, 0.2) is 0 Å². The van der Waals surface area contributed by atoms with Crippen molar-refractivity contribution in [1.29, 1.82) is 0 Å². The Bertz CT molecular complexity index is 3240. The van der Waals surface area contributed by atoms with Gasteiger partial charge in [-0.05, 0) is 133 Å². The summed E-state index contributed by atoms with van der Waals surface area (Å²) in [4.78, 5) is 5.23. The van der Waals surface area contributed by atoms with Gasteiger partial charge in [-0.3, -0.25) is 0 Å². The molecule has 0 unspecified atom stereocenters. The molecule has 8 aromatic carbocycles. The summed E-state index contributed by atoms with van der Waals surface area (Å²) >= 11 is 0. The van der Waals surface area contributed by atoms with Gasteiger partial charge in [-0.2, -0.15) is 0 Å². The Labute approximate surface area is 405 Å². The molecule has 0 spiro atoms. The molecule has 2 aliphatic rings. The molecule has 3 nitrogen and oxygen atoms in total. The Hall–Kier alpha value is -6.78. The molecule has 0 fully saturated rings. The van der Waals surface area contributed by atoms with Gasteiger partial charge in [0.05, 0.1) is 11.0 Å². The van der Waals surface area contributed by atoms with Gasteiger partial charge in [0.1, 0.15) is 0 Å². The summed E-state index contributed by atoms with van der Waals surface area (Å²) in [5.74, 6) is 0. The number of rotatable bonds is 4. The number of hydrogen-bond donors (Lipinski definition) is 0. The van der Waals surface area contributed by atoms with Crippen molar-refractivity contribution in [3.8, 4) is 16.8 Å². The quantitative estimate of drug-likeness (QED) is 0.163. The van der Waals surface area contributed by atoms with Crippen LogP contribution >= 0.6 is 0 Å². The molecule has 1 aromatic heterocycles. The predicted molar refractivity (Wildman–Crippen MR) is 295 cm³/mol. The molecular formula is C64H64BN3. The minimum Gasteiger partial charge on any atom is -0.311 e. The number of anilines is 6. The fraction of sp³-hybridized carbons (Fsp3) is 0.250. The first kappa shape index (κ1) is 43.8. The van der Waals surface area contributed by atoms with Crippen LogP contribution in [-0.2, 0) is 21.7 Å². The number of aromatic nitrogens is 1. The predicted octanol–water partition coefficient (Wildman–Crippen LogP) is 15.7. The molecule has 0 N–H and O–H groups in total. The van der Waals surface area contributed by atoms with Gasteiger partial charge in [-0.25, -0.2) is 0 Å². The van der Waals surface area contributed by atoms with E-state index in [2.05, 4.69) is 267 Å². The second-order valence-electron chi connectivity index (χ2n) is 23.6. The first-order chi connectivity index (χ1) is 32.3. The van der Waals surface area contributed by atoms with E-state index in [0.29, 0.717) is 0 Å². The second kappa shape index (κ2) is 15.4. The van der Waals surface area contributed by atoms with E-state index in [9.17, 15) is 0 Å². The van der Waals surface area contributed by atoms with Crippen molar-refractivity contribution < 1.29 is 0 Å². The average Bonchev–Trinajstić information content (AvgIpc) is 3.65. The van der Waals surface area contributed by atoms with Crippen molar-refractivity contribution in [2.45, 2.75) is 105 Å². The zero-order valence-corrected chi connectivity index (χ0v) is 42.1. The monoisotopic (exact) mass is 886 g/mol. The highest BCUT2D eigenvalue weighted by atomic mass is 15.2. The average molecular weight is 886 g/mol. The minimum atomic E-state index is -0.0613. The van der Waals surface area contributed by atoms with Crippen LogP contribution in [0.2, 0.25) is 0 Å². The van der Waals surface area contributed by atoms with Gasteiger partial charge in [0.25, 0.3) is 6.71 Å². The number of benzene rings is 8. The van der Waals surface area contributed by atoms with Gasteiger partial charge < -0.3 is 14.4 Å². The molecular weight excluding hydrogens is 822 g/mol. The molecule has 4 heteroatoms. The summed E-state index contributed by atoms with van der Waals surface area (Å²) in [5.41, 5.74) is 22.3. The number of fused-ring (bicyclic) bond motifs is 7. The van der Waals surface area contributed by atoms with Crippen LogP contribution in [0.4, 0.5) is 34.1 Å². The lowest BCUT2D eigenvalue weighted by molar-refractivity contribution is 0.568. The van der Waals surface area contributed by atoms with Crippen LogP contribution in [-0.4, -0.2) is 11.3 Å². The molecule has 11 rings (SSSR count). The maximum atomic E-state index is 2.61. The van der Waals surface area contributed by atoms with Crippen molar-refractivity contribution in [2.75, 3.05) is 9.80 Å². The molecule has 0 amide bonds. The highest BCUT2D eigenvalue weighted by Gasteiger charge is 2.44. The van der Waals surface area contributed by atoms with E-state index in [1.54, 1.807) is 0 Å². The maximum Gasteiger partial charge on any atom is 0.252 e. The summed E-state index contributed by atoms with van der Waals surface area (Å²) in [6.45, 7) is 28.2. The SMILES string of the molecule is CC(C)(C)c1cc(N2c3ccccc3B3c4ccccc4N(c4cc(C(C)(C)C)cc(C(C)(C)C)c4)c4cc(-c5cccc6c7ccccc7n(-c7ccccc7)c56)cc2c43)cc(C(C)(C)C)c1. The zero-order chi connectivity index (χ0) is 47.7. The van der Waals surface area contributed by atoms with Crippen molar-refractivity contribution >= 4 is 79.0 Å². The lowest BCUT2D eigenvalue weighted by atomic mass is 9.33. The summed E-state index contributed by atoms with van der Waals surface area (Å²) in [6, 6.07) is 65.0. The summed E-state index contributed by atoms with van der Waals surface area (Å²) in [5, 5.41) is 2.50. The third-order valence-corrected chi connectivity index (χ3v) is 14.7. The highest BCUT2D eigenvalue weighted by molar-refractivity contribution is 7.00. The van der Waals surface area contributed by atoms with Crippen LogP contribution in [0.3, 0.4) is 0 Å². The van der Waals surface area contributed by atoms with Gasteiger partial charge in [-0.1, -0.05) is 186 Å². The van der Waals surface area contributed by atoms with Crippen LogP contribution in [0, 0.1) is 0 Å². The van der Waals surface area contributed by atoms with Crippen LogP contribution in [0.1, 0.15) is 105 Å². The Morgan fingerprint density at radius 2 is 0.779 bits per heavy atom. The highest BCUT2D eigenvalue weighted by Crippen LogP contribution is 2.49. The summed E-state index contributed by atoms with van der Waals surface area (Å²) in [7, 11) is 0. The third kappa shape index (κ3) is 7.09. The Kier molecular flexibility index (Phi) is 9.90. The van der Waals surface area contributed by atoms with Crippen molar-refractivity contribution in [2.24, 2.45) is 0 Å². The topological polar surface area (TPSA) is 11.4 Å². The smallest absolute Gasteiger partial charge is 0.252 e. The summed E-state index contributed by atoms with van der Waals surface area (Å²) < 4.78 is 2.48. The zero-order valence-electron chi connectivity index (χ0n) is 42.1. The van der Waals surface area contributed by atoms with E-state index >= 15 is 0 Å². The minimum absolute atomic E-state index is 0.0151. The van der Waals surface area contributed by atoms with Crippen molar-refractivity contribution in [1.82, 2.24) is 4.57 Å². The van der Waals surface area contributed by atoms with Crippen LogP contribution in [0.25, 0.3) is 38.6 Å². The number of para-hydroxylation sites is 5. The van der Waals surface area contributed by atoms with E-state index < -0.39 is 0 Å². The molecule has 0 saturated heterocycles. The largest absolute Gasteiger partial charge is 0.311 e. The van der Waals surface area contributed by atoms with Crippen molar-refractivity contribution in [3.05, 3.63) is 192 Å². The first-order valence-electron chi connectivity index (χ1n) is 24.6. The normalized spacial score (nSPS) is 13.8. The van der Waals surface area contributed by atoms with Crippen LogP contribution in [0.5, 0.6) is 0 Å². The van der Waals surface area contributed by atoms with E-state index in [4.69, 9.17) is 0 Å². The standard InChI is InChI=1S/C64H64BN3/c1-61(2,3)42-35-43(62(4,5)6)38-47(37-42)66-55-31-20-17-28-52(55)65-53-29-18-21-32-56(53)67(48-39-44(63(7,8)9)36-45(40-48)64(10,11)12)58-34-41(33-57(66)59(58)65)49-26-22-27-51-50-25-16-19-30-54(50)68(60(49)51)46-23-14-13-15-24-46/h13-40H,1-12H3. The molecule has 2 aliphatic heterocycles. The van der Waals surface area contributed by atoms with E-state index in [-0.39, 0.29) is 28.4 Å². The van der Waals surface area contributed by atoms with Crippen LogP contribution in [0.15, 0.2) is 170 Å². The lowest BCUT2D eigenvalue weighted by Gasteiger charge is -2.45. The molecule has 68 heavy (non-hydrogen) atoms. The maximum absolute atomic E-state index is 2.61. The van der Waals surface area contributed by atoms with Gasteiger partial charge in [0, 0.05) is 56.1 Å². The van der Waals surface area contributed by atoms with Crippen molar-refractivity contribution in [3.63, 3.8) is 0 Å². The molecule has 338 valence electrons. The van der Waals surface area contributed by atoms with Crippen LogP contribution < -0.4 is 26.2 Å². The second-order valence-corrected chi connectivity index (χ2v) is 23.6. The molecule has 3 heterocycles. The Morgan fingerprint density at radius 1 is 0.353 bits per heavy atom. The van der Waals surface area contributed by atoms with Gasteiger partial charge in [0.2, 0.25) is 0 Å². The summed E-state index contributed by atoms with van der Waals surface area (Å²) in [6.07, 6.45) is 0. The fourth-order valence-electron chi connectivity index (χ4n) is 10.9. The lowest BCUT2D eigenvalue weighted by Crippen LogP contribution is -2.61. The molecule has 0 aliphatic carbocycles. The molecule has 0 bridgehead atoms. The molecule has 0 atom stereocenters. The molecule has 9 aromatic rings. The molecule has 0 radical (unpaired) electrons. The number of hydrogen-bond acceptors (Lipinski definition) is 2. The van der Waals surface area contributed by atoms with E-state index in [1.807, 2.05) is 0 Å². The fourth-order valence-corrected chi connectivity index (χ4v) is 10.9. The molecule has 0 saturated carbocycles.